The largest absolute Gasteiger partial charge is 0.348 e. The van der Waals surface area contributed by atoms with Crippen molar-refractivity contribution in [3.8, 4) is 23.5 Å². The third-order valence-electron chi connectivity index (χ3n) is 13.6. The number of tetrazole rings is 1. The van der Waals surface area contributed by atoms with E-state index in [2.05, 4.69) is 123 Å². The number of nitrogens with zero attached hydrogens (tertiary/aromatic N) is 8. The van der Waals surface area contributed by atoms with Gasteiger partial charge in [0.15, 0.2) is 5.82 Å². The number of carbonyl (C=O) groups excluding carboxylic acids is 1. The molecule has 2 aliphatic heterocycles. The molecule has 0 radical (unpaired) electrons. The molecule has 0 aliphatic carbocycles. The third kappa shape index (κ3) is 9.48. The molecule has 2 fully saturated rings. The van der Waals surface area contributed by atoms with E-state index in [-0.39, 0.29) is 17.7 Å². The minimum Gasteiger partial charge on any atom is -0.348 e. The maximum absolute atomic E-state index is 15.3. The number of benzene rings is 6. The summed E-state index contributed by atoms with van der Waals surface area (Å²) < 4.78 is 1.84. The van der Waals surface area contributed by atoms with E-state index in [1.54, 1.807) is 0 Å². The molecule has 0 bridgehead atoms. The zero-order valence-corrected chi connectivity index (χ0v) is 39.8. The number of amides is 1. The van der Waals surface area contributed by atoms with Crippen LogP contribution in [0, 0.1) is 36.5 Å². The summed E-state index contributed by atoms with van der Waals surface area (Å²) in [4.78, 5) is 20.0. The van der Waals surface area contributed by atoms with Crippen molar-refractivity contribution in [2.75, 3.05) is 32.8 Å². The number of carbonyl (C=O) groups is 1. The summed E-state index contributed by atoms with van der Waals surface area (Å²) in [6.07, 6.45) is 3.95. The fraction of sp³-hybridized carbons (Fsp3) is 0.263. The molecule has 2 saturated heterocycles. The van der Waals surface area contributed by atoms with Crippen LogP contribution in [0.15, 0.2) is 163 Å². The van der Waals surface area contributed by atoms with Gasteiger partial charge < -0.3 is 10.6 Å². The molecule has 3 heterocycles. The Morgan fingerprint density at radius 2 is 1.38 bits per heavy atom. The summed E-state index contributed by atoms with van der Waals surface area (Å²) in [5.74, 6) is 0.0306. The summed E-state index contributed by atoms with van der Waals surface area (Å²) >= 11 is 7.10. The predicted octanol–water partition coefficient (Wildman–Crippen LogP) is 9.40. The second-order valence-corrected chi connectivity index (χ2v) is 18.6. The molecule has 7 aromatic rings. The quantitative estimate of drug-likeness (QED) is 0.0585. The number of hydrogen-bond acceptors (Lipinski definition) is 9. The molecule has 2 aliphatic rings. The lowest BCUT2D eigenvalue weighted by Gasteiger charge is -2.44. The number of allylic oxidation sites excluding steroid dienone is 1. The van der Waals surface area contributed by atoms with Gasteiger partial charge in [0, 0.05) is 49.0 Å². The van der Waals surface area contributed by atoms with Crippen LogP contribution in [0.2, 0.25) is 5.02 Å². The Kier molecular flexibility index (Phi) is 14.2. The lowest BCUT2D eigenvalue weighted by Crippen LogP contribution is -2.52. The molecule has 0 spiro atoms. The van der Waals surface area contributed by atoms with Crippen molar-refractivity contribution in [1.82, 2.24) is 40.6 Å². The van der Waals surface area contributed by atoms with Crippen LogP contribution in [0.1, 0.15) is 69.3 Å². The number of hydrogen-bond donors (Lipinski definition) is 2. The Morgan fingerprint density at radius 1 is 0.725 bits per heavy atom. The van der Waals surface area contributed by atoms with Gasteiger partial charge in [0.1, 0.15) is 23.3 Å². The molecule has 69 heavy (non-hydrogen) atoms. The van der Waals surface area contributed by atoms with E-state index in [0.717, 1.165) is 75.3 Å². The Bertz CT molecular complexity index is 2960. The fourth-order valence-electron chi connectivity index (χ4n) is 10.6. The zero-order chi connectivity index (χ0) is 47.8. The van der Waals surface area contributed by atoms with Crippen LogP contribution in [0.5, 0.6) is 0 Å². The molecule has 1 amide bonds. The lowest BCUT2D eigenvalue weighted by molar-refractivity contribution is -0.119. The second-order valence-electron chi connectivity index (χ2n) is 18.2. The average Bonchev–Trinajstić information content (AvgIpc) is 4.11. The number of aromatic nitrogens is 4. The summed E-state index contributed by atoms with van der Waals surface area (Å²) in [5.41, 5.74) is 7.08. The molecule has 9 rings (SSSR count). The maximum atomic E-state index is 15.3. The van der Waals surface area contributed by atoms with E-state index >= 15 is 4.79 Å². The average molecular weight is 932 g/mol. The van der Waals surface area contributed by atoms with Crippen molar-refractivity contribution >= 4 is 17.5 Å². The van der Waals surface area contributed by atoms with Gasteiger partial charge in [-0.15, -0.1) is 5.10 Å². The first-order valence-corrected chi connectivity index (χ1v) is 24.0. The van der Waals surface area contributed by atoms with E-state index in [1.165, 1.54) is 19.3 Å². The summed E-state index contributed by atoms with van der Waals surface area (Å²) in [5, 5.41) is 42.3. The summed E-state index contributed by atoms with van der Waals surface area (Å²) in [6, 6.07) is 54.9. The first kappa shape index (κ1) is 46.8. The van der Waals surface area contributed by atoms with Gasteiger partial charge in [0.05, 0.1) is 11.1 Å². The minimum absolute atomic E-state index is 0.127. The van der Waals surface area contributed by atoms with Gasteiger partial charge in [0.25, 0.3) is 5.91 Å². The van der Waals surface area contributed by atoms with Crippen molar-refractivity contribution in [2.24, 2.45) is 0 Å². The van der Waals surface area contributed by atoms with Crippen LogP contribution in [0.25, 0.3) is 11.4 Å². The maximum Gasteiger partial charge on any atom is 0.251 e. The number of rotatable bonds is 15. The SMILES string of the molecule is Cc1cc(C)cc(CC(C(C(=O)NCc2ccc(-c3nnnn3C(c3ccccc3)(c3ccccc3)c3ccccc3Cl)cc2)=C(C#N)C#N)(c2cccc(CN3CCCCC3)c2)N2CCNC2)c1. The minimum atomic E-state index is -1.18. The van der Waals surface area contributed by atoms with Crippen LogP contribution >= 0.6 is 11.6 Å². The highest BCUT2D eigenvalue weighted by Gasteiger charge is 2.48. The van der Waals surface area contributed by atoms with Crippen molar-refractivity contribution in [1.29, 1.82) is 10.5 Å². The Balaban J connectivity index is 1.09. The topological polar surface area (TPSA) is 139 Å². The summed E-state index contributed by atoms with van der Waals surface area (Å²) in [7, 11) is 0. The van der Waals surface area contributed by atoms with Crippen molar-refractivity contribution in [2.45, 2.75) is 63.7 Å². The highest BCUT2D eigenvalue weighted by molar-refractivity contribution is 6.31. The van der Waals surface area contributed by atoms with Crippen molar-refractivity contribution in [3.05, 3.63) is 218 Å². The van der Waals surface area contributed by atoms with Crippen LogP contribution in [-0.4, -0.2) is 68.8 Å². The third-order valence-corrected chi connectivity index (χ3v) is 13.9. The summed E-state index contributed by atoms with van der Waals surface area (Å²) in [6.45, 7) is 8.89. The first-order chi connectivity index (χ1) is 33.7. The standard InChI is InChI=1S/C57H55ClN10O/c1-41-31-42(2)33-45(32-41)35-56(67-30-27-61-40-67,50-20-14-15-44(34-50)39-66-28-12-5-13-29-66)53(47(36-59)37-60)55(69)62-38-43-23-25-46(26-24-43)54-63-64-65-68(54)57(48-16-6-3-7-17-48,49-18-8-4-9-19-49)51-21-10-11-22-52(51)58/h3-4,6-11,14-26,31-34,61H,5,12-13,27-30,35,38-40H2,1-2H3,(H,62,69). The van der Waals surface area contributed by atoms with Crippen LogP contribution in [-0.2, 0) is 35.4 Å². The molecule has 0 saturated carbocycles. The molecule has 6 aromatic carbocycles. The van der Waals surface area contributed by atoms with E-state index in [0.29, 0.717) is 37.0 Å². The molecule has 11 nitrogen and oxygen atoms in total. The van der Waals surface area contributed by atoms with E-state index in [4.69, 9.17) is 16.8 Å². The molecule has 2 N–H and O–H groups in total. The predicted molar refractivity (Wildman–Crippen MR) is 269 cm³/mol. The zero-order valence-electron chi connectivity index (χ0n) is 39.1. The van der Waals surface area contributed by atoms with E-state index in [1.807, 2.05) is 89.6 Å². The number of nitriles is 2. The molecule has 346 valence electrons. The number of likely N-dealkylation sites (tertiary alicyclic amines) is 1. The van der Waals surface area contributed by atoms with Crippen LogP contribution in [0.3, 0.4) is 0 Å². The highest BCUT2D eigenvalue weighted by atomic mass is 35.5. The van der Waals surface area contributed by atoms with Gasteiger partial charge in [-0.2, -0.15) is 10.5 Å². The van der Waals surface area contributed by atoms with Crippen molar-refractivity contribution < 1.29 is 4.79 Å². The number of halogens is 1. The van der Waals surface area contributed by atoms with Gasteiger partial charge in [-0.1, -0.05) is 175 Å². The van der Waals surface area contributed by atoms with Gasteiger partial charge in [-0.25, -0.2) is 4.68 Å². The number of aryl methyl sites for hydroxylation is 2. The highest BCUT2D eigenvalue weighted by Crippen LogP contribution is 2.46. The molecule has 1 unspecified atom stereocenters. The van der Waals surface area contributed by atoms with Gasteiger partial charge in [0.2, 0.25) is 0 Å². The van der Waals surface area contributed by atoms with Gasteiger partial charge in [-0.3, -0.25) is 14.6 Å². The number of piperidine rings is 1. The molecule has 1 aromatic heterocycles. The fourth-order valence-corrected chi connectivity index (χ4v) is 10.9. The van der Waals surface area contributed by atoms with Crippen LogP contribution in [0.4, 0.5) is 0 Å². The number of nitrogens with one attached hydrogen (secondary N) is 2. The monoisotopic (exact) mass is 930 g/mol. The first-order valence-electron chi connectivity index (χ1n) is 23.7. The smallest absolute Gasteiger partial charge is 0.251 e. The Labute approximate surface area is 409 Å². The normalized spacial score (nSPS) is 15.1. The lowest BCUT2D eigenvalue weighted by atomic mass is 9.73. The van der Waals surface area contributed by atoms with Gasteiger partial charge >= 0.3 is 0 Å². The Hall–Kier alpha value is -7.25. The molecular formula is C57H55ClN10O. The van der Waals surface area contributed by atoms with Crippen LogP contribution < -0.4 is 10.6 Å². The van der Waals surface area contributed by atoms with E-state index in [9.17, 15) is 10.5 Å². The van der Waals surface area contributed by atoms with Gasteiger partial charge in [-0.05, 0) is 96.1 Å². The van der Waals surface area contributed by atoms with E-state index < -0.39 is 17.0 Å². The molecular weight excluding hydrogens is 876 g/mol. The Morgan fingerprint density at radius 3 is 2.01 bits per heavy atom. The second kappa shape index (κ2) is 20.9. The molecule has 1 atom stereocenters. The van der Waals surface area contributed by atoms with Crippen molar-refractivity contribution in [3.63, 3.8) is 0 Å². The molecule has 12 heteroatoms.